The van der Waals surface area contributed by atoms with E-state index in [1.165, 1.54) is 16.7 Å². The zero-order valence-electron chi connectivity index (χ0n) is 9.59. The number of thiocarbonyl (C=S) groups is 1. The first-order valence-electron chi connectivity index (χ1n) is 5.22. The molecule has 92 valence electrons. The van der Waals surface area contributed by atoms with Crippen LogP contribution in [0.1, 0.15) is 5.56 Å². The van der Waals surface area contributed by atoms with Crippen molar-refractivity contribution in [1.82, 2.24) is 4.90 Å². The quantitative estimate of drug-likeness (QED) is 0.603. The molecule has 1 amide bonds. The van der Waals surface area contributed by atoms with Crippen LogP contribution in [0.2, 0.25) is 0 Å². The van der Waals surface area contributed by atoms with Crippen LogP contribution in [0.25, 0.3) is 6.08 Å². The number of carbonyl (C=O) groups is 1. The van der Waals surface area contributed by atoms with E-state index in [0.717, 1.165) is 10.0 Å². The van der Waals surface area contributed by atoms with Gasteiger partial charge in [0.05, 0.1) is 4.91 Å². The predicted octanol–water partition coefficient (Wildman–Crippen LogP) is 3.84. The Balaban J connectivity index is 2.09. The molecule has 1 heterocycles. The van der Waals surface area contributed by atoms with Gasteiger partial charge in [-0.05, 0) is 23.8 Å². The second kappa shape index (κ2) is 5.82. The number of amides is 1. The summed E-state index contributed by atoms with van der Waals surface area (Å²) < 4.78 is 1.65. The molecule has 0 N–H and O–H groups in total. The Morgan fingerprint density at radius 3 is 2.56 bits per heavy atom. The highest BCUT2D eigenvalue weighted by Gasteiger charge is 2.27. The number of likely N-dealkylation sites (N-methyl/N-ethyl adjacent to an activating group) is 1. The van der Waals surface area contributed by atoms with E-state index in [0.29, 0.717) is 9.23 Å². The summed E-state index contributed by atoms with van der Waals surface area (Å²) in [7, 11) is 1.69. The minimum absolute atomic E-state index is 0.0366. The second-order valence-corrected chi connectivity index (χ2v) is 6.27. The SMILES string of the molecule is CN1C(=O)/C(=C\C=C\c2ccc(Br)cc2)SC1=S. The molecule has 1 fully saturated rings. The van der Waals surface area contributed by atoms with Crippen LogP contribution in [0.4, 0.5) is 0 Å². The number of thioether (sulfide) groups is 1. The molecule has 1 aromatic carbocycles. The van der Waals surface area contributed by atoms with Crippen molar-refractivity contribution in [2.75, 3.05) is 7.05 Å². The largest absolute Gasteiger partial charge is 0.296 e. The van der Waals surface area contributed by atoms with Gasteiger partial charge in [-0.3, -0.25) is 9.69 Å². The maximum atomic E-state index is 11.7. The first-order valence-corrected chi connectivity index (χ1v) is 7.23. The molecule has 1 aliphatic heterocycles. The van der Waals surface area contributed by atoms with Gasteiger partial charge in [-0.15, -0.1) is 0 Å². The van der Waals surface area contributed by atoms with E-state index >= 15 is 0 Å². The molecule has 0 bridgehead atoms. The first kappa shape index (κ1) is 13.5. The number of carbonyl (C=O) groups excluding carboxylic acids is 1. The smallest absolute Gasteiger partial charge is 0.265 e. The lowest BCUT2D eigenvalue weighted by Crippen LogP contribution is -2.22. The number of hydrogen-bond donors (Lipinski definition) is 0. The topological polar surface area (TPSA) is 20.3 Å². The molecule has 0 unspecified atom stereocenters. The second-order valence-electron chi connectivity index (χ2n) is 3.67. The number of hydrogen-bond acceptors (Lipinski definition) is 3. The van der Waals surface area contributed by atoms with E-state index in [1.54, 1.807) is 13.1 Å². The van der Waals surface area contributed by atoms with Crippen molar-refractivity contribution in [3.05, 3.63) is 51.4 Å². The van der Waals surface area contributed by atoms with Crippen LogP contribution in [0.5, 0.6) is 0 Å². The zero-order valence-corrected chi connectivity index (χ0v) is 12.8. The summed E-state index contributed by atoms with van der Waals surface area (Å²) in [5.74, 6) is -0.0366. The van der Waals surface area contributed by atoms with Gasteiger partial charge < -0.3 is 0 Å². The van der Waals surface area contributed by atoms with Gasteiger partial charge in [0, 0.05) is 11.5 Å². The number of rotatable bonds is 2. The third-order valence-corrected chi connectivity index (χ3v) is 4.42. The Morgan fingerprint density at radius 1 is 1.33 bits per heavy atom. The summed E-state index contributed by atoms with van der Waals surface area (Å²) in [6, 6.07) is 7.95. The van der Waals surface area contributed by atoms with Crippen molar-refractivity contribution in [1.29, 1.82) is 0 Å². The Labute approximate surface area is 124 Å². The predicted molar refractivity (Wildman–Crippen MR) is 84.2 cm³/mol. The lowest BCUT2D eigenvalue weighted by molar-refractivity contribution is -0.121. The van der Waals surface area contributed by atoms with E-state index in [1.807, 2.05) is 36.4 Å². The van der Waals surface area contributed by atoms with E-state index in [4.69, 9.17) is 12.2 Å². The minimum atomic E-state index is -0.0366. The molecule has 1 saturated heterocycles. The maximum Gasteiger partial charge on any atom is 0.265 e. The first-order chi connectivity index (χ1) is 8.58. The molecule has 2 rings (SSSR count). The third-order valence-electron chi connectivity index (χ3n) is 2.39. The number of nitrogens with zero attached hydrogens (tertiary/aromatic N) is 1. The fourth-order valence-corrected chi connectivity index (χ4v) is 2.78. The van der Waals surface area contributed by atoms with Gasteiger partial charge in [0.15, 0.2) is 0 Å². The van der Waals surface area contributed by atoms with Crippen LogP contribution in [-0.2, 0) is 4.79 Å². The third kappa shape index (κ3) is 3.10. The molecule has 0 aromatic heterocycles. The summed E-state index contributed by atoms with van der Waals surface area (Å²) in [5.41, 5.74) is 1.08. The van der Waals surface area contributed by atoms with Crippen LogP contribution in [0, 0.1) is 0 Å². The summed E-state index contributed by atoms with van der Waals surface area (Å²) in [6.07, 6.45) is 5.62. The lowest BCUT2D eigenvalue weighted by Gasteiger charge is -2.03. The van der Waals surface area contributed by atoms with Gasteiger partial charge in [-0.25, -0.2) is 0 Å². The van der Waals surface area contributed by atoms with Gasteiger partial charge in [0.1, 0.15) is 4.32 Å². The fourth-order valence-electron chi connectivity index (χ4n) is 1.38. The summed E-state index contributed by atoms with van der Waals surface area (Å²) in [4.78, 5) is 13.9. The van der Waals surface area contributed by atoms with Crippen molar-refractivity contribution in [3.63, 3.8) is 0 Å². The molecule has 1 aromatic rings. The zero-order chi connectivity index (χ0) is 13.1. The molecule has 1 aliphatic rings. The monoisotopic (exact) mass is 339 g/mol. The van der Waals surface area contributed by atoms with Gasteiger partial charge in [-0.1, -0.05) is 64.2 Å². The molecule has 5 heteroatoms. The number of allylic oxidation sites excluding steroid dienone is 2. The average molecular weight is 340 g/mol. The van der Waals surface area contributed by atoms with Gasteiger partial charge in [0.2, 0.25) is 0 Å². The molecule has 0 radical (unpaired) electrons. The molecular formula is C13H10BrNOS2. The van der Waals surface area contributed by atoms with Crippen LogP contribution in [0.3, 0.4) is 0 Å². The van der Waals surface area contributed by atoms with Gasteiger partial charge in [-0.2, -0.15) is 0 Å². The molecular weight excluding hydrogens is 330 g/mol. The lowest BCUT2D eigenvalue weighted by atomic mass is 10.2. The Kier molecular flexibility index (Phi) is 4.37. The average Bonchev–Trinajstić information content (AvgIpc) is 2.60. The minimum Gasteiger partial charge on any atom is -0.296 e. The molecule has 0 spiro atoms. The van der Waals surface area contributed by atoms with Crippen LogP contribution < -0.4 is 0 Å². The van der Waals surface area contributed by atoms with Crippen molar-refractivity contribution in [2.24, 2.45) is 0 Å². The fraction of sp³-hybridized carbons (Fsp3) is 0.0769. The van der Waals surface area contributed by atoms with E-state index in [2.05, 4.69) is 15.9 Å². The Bertz CT molecular complexity index is 549. The molecule has 2 nitrogen and oxygen atoms in total. The maximum absolute atomic E-state index is 11.7. The van der Waals surface area contributed by atoms with Crippen molar-refractivity contribution in [3.8, 4) is 0 Å². The van der Waals surface area contributed by atoms with Crippen LogP contribution >= 0.6 is 39.9 Å². The highest BCUT2D eigenvalue weighted by atomic mass is 79.9. The highest BCUT2D eigenvalue weighted by Crippen LogP contribution is 2.29. The van der Waals surface area contributed by atoms with Gasteiger partial charge >= 0.3 is 0 Å². The number of benzene rings is 1. The molecule has 0 atom stereocenters. The van der Waals surface area contributed by atoms with Crippen LogP contribution in [-0.4, -0.2) is 22.2 Å². The Hall–Kier alpha value is -0.910. The summed E-state index contributed by atoms with van der Waals surface area (Å²) in [5, 5.41) is 0. The van der Waals surface area contributed by atoms with Gasteiger partial charge in [0.25, 0.3) is 5.91 Å². The Morgan fingerprint density at radius 2 is 2.00 bits per heavy atom. The van der Waals surface area contributed by atoms with Crippen molar-refractivity contribution < 1.29 is 4.79 Å². The van der Waals surface area contributed by atoms with Crippen molar-refractivity contribution >= 4 is 56.2 Å². The number of halogens is 1. The van der Waals surface area contributed by atoms with E-state index in [-0.39, 0.29) is 5.91 Å². The summed E-state index contributed by atoms with van der Waals surface area (Å²) in [6.45, 7) is 0. The molecule has 18 heavy (non-hydrogen) atoms. The molecule has 0 aliphatic carbocycles. The standard InChI is InChI=1S/C13H10BrNOS2/c1-15-12(16)11(18-13(15)17)4-2-3-9-5-7-10(14)8-6-9/h2-8H,1H3/b3-2+,11-4+. The molecule has 0 saturated carbocycles. The van der Waals surface area contributed by atoms with Crippen LogP contribution in [0.15, 0.2) is 45.8 Å². The summed E-state index contributed by atoms with van der Waals surface area (Å²) >= 11 is 9.77. The normalized spacial score (nSPS) is 18.3. The van der Waals surface area contributed by atoms with E-state index in [9.17, 15) is 4.79 Å². The van der Waals surface area contributed by atoms with Crippen molar-refractivity contribution in [2.45, 2.75) is 0 Å². The highest BCUT2D eigenvalue weighted by molar-refractivity contribution is 9.10. The van der Waals surface area contributed by atoms with E-state index < -0.39 is 0 Å².